The number of nitrogens with zero attached hydrogens (tertiary/aromatic N) is 3. The zero-order chi connectivity index (χ0) is 40.3. The van der Waals surface area contributed by atoms with E-state index in [1.54, 1.807) is 72.6 Å². The van der Waals surface area contributed by atoms with Crippen molar-refractivity contribution in [2.24, 2.45) is 0 Å². The summed E-state index contributed by atoms with van der Waals surface area (Å²) in [6.45, 7) is 0. The van der Waals surface area contributed by atoms with E-state index in [4.69, 9.17) is 26.7 Å². The fourth-order valence-electron chi connectivity index (χ4n) is 5.24. The molecule has 284 valence electrons. The van der Waals surface area contributed by atoms with E-state index >= 15 is 0 Å². The molecule has 54 heavy (non-hydrogen) atoms. The van der Waals surface area contributed by atoms with Crippen LogP contribution in [0.25, 0.3) is 22.3 Å². The smallest absolute Gasteiger partial charge is 0.258 e. The van der Waals surface area contributed by atoms with Crippen LogP contribution in [0.3, 0.4) is 0 Å². The number of halogens is 1. The number of nitrogens with two attached hydrogens (primary N) is 3. The molecule has 0 saturated carbocycles. The maximum Gasteiger partial charge on any atom is 0.258 e. The molecule has 12 nitrogen and oxygen atoms in total. The second kappa shape index (κ2) is 19.0. The predicted molar refractivity (Wildman–Crippen MR) is 220 cm³/mol. The Morgan fingerprint density at radius 3 is 1.30 bits per heavy atom. The van der Waals surface area contributed by atoms with E-state index in [1.807, 2.05) is 66.7 Å². The number of hydrogen-bond acceptors (Lipinski definition) is 9. The lowest BCUT2D eigenvalue weighted by Gasteiger charge is -2.18. The molecule has 0 bridgehead atoms. The highest BCUT2D eigenvalue weighted by atomic mass is 79.9. The molecular formula is C41H47BrN6O6. The van der Waals surface area contributed by atoms with Crippen LogP contribution < -0.4 is 26.7 Å². The van der Waals surface area contributed by atoms with Gasteiger partial charge in [0.2, 0.25) is 0 Å². The minimum Gasteiger partial charge on any atom is -0.505 e. The van der Waals surface area contributed by atoms with Gasteiger partial charge < -0.3 is 46.5 Å². The topological polar surface area (TPSA) is 178 Å². The highest BCUT2D eigenvalue weighted by Gasteiger charge is 2.23. The summed E-state index contributed by atoms with van der Waals surface area (Å²) in [6.07, 6.45) is 0. The number of aromatic hydroxyl groups is 1. The molecule has 0 unspecified atom stereocenters. The van der Waals surface area contributed by atoms with Crippen molar-refractivity contribution in [3.8, 4) is 39.5 Å². The monoisotopic (exact) mass is 798 g/mol. The molecule has 0 aliphatic carbocycles. The largest absolute Gasteiger partial charge is 0.505 e. The molecule has 5 rings (SSSR count). The second-order valence-electron chi connectivity index (χ2n) is 12.4. The quantitative estimate of drug-likeness (QED) is 0.103. The summed E-state index contributed by atoms with van der Waals surface area (Å²) in [6, 6.07) is 29.5. The van der Waals surface area contributed by atoms with Gasteiger partial charge in [-0.1, -0.05) is 72.8 Å². The van der Waals surface area contributed by atoms with Crippen molar-refractivity contribution in [2.75, 3.05) is 73.7 Å². The van der Waals surface area contributed by atoms with Crippen molar-refractivity contribution in [1.29, 1.82) is 0 Å². The molecule has 13 heteroatoms. The number of phenols is 1. The van der Waals surface area contributed by atoms with Crippen molar-refractivity contribution < 1.29 is 29.0 Å². The molecule has 0 aliphatic rings. The summed E-state index contributed by atoms with van der Waals surface area (Å²) >= 11 is 3.31. The van der Waals surface area contributed by atoms with Crippen LogP contribution in [0.15, 0.2) is 102 Å². The fourth-order valence-corrected chi connectivity index (χ4v) is 5.72. The Balaban J connectivity index is 0.000000220. The Bertz CT molecular complexity index is 2090. The highest BCUT2D eigenvalue weighted by molar-refractivity contribution is 9.10. The Morgan fingerprint density at radius 1 is 0.519 bits per heavy atom. The summed E-state index contributed by atoms with van der Waals surface area (Å²) in [7, 11) is 13.1. The summed E-state index contributed by atoms with van der Waals surface area (Å²) in [5.41, 5.74) is 22.9. The van der Waals surface area contributed by atoms with Crippen LogP contribution in [-0.4, -0.2) is 94.0 Å². The summed E-state index contributed by atoms with van der Waals surface area (Å²) < 4.78 is 11.1. The molecule has 0 saturated heterocycles. The lowest BCUT2D eigenvalue weighted by Crippen LogP contribution is -2.23. The molecule has 0 fully saturated rings. The van der Waals surface area contributed by atoms with Crippen LogP contribution in [0.2, 0.25) is 0 Å². The van der Waals surface area contributed by atoms with Gasteiger partial charge in [-0.05, 0) is 62.4 Å². The van der Waals surface area contributed by atoms with Crippen LogP contribution >= 0.6 is 15.9 Å². The molecule has 0 aromatic heterocycles. The normalized spacial score (nSPS) is 10.1. The average molecular weight is 800 g/mol. The van der Waals surface area contributed by atoms with Crippen LogP contribution in [0.5, 0.6) is 17.2 Å². The third-order valence-corrected chi connectivity index (χ3v) is 8.63. The highest BCUT2D eigenvalue weighted by Crippen LogP contribution is 2.37. The first-order valence-corrected chi connectivity index (χ1v) is 17.3. The number of methoxy groups -OCH3 is 2. The van der Waals surface area contributed by atoms with E-state index in [0.717, 1.165) is 16.7 Å². The molecule has 5 aromatic carbocycles. The van der Waals surface area contributed by atoms with Crippen molar-refractivity contribution in [1.82, 2.24) is 14.7 Å². The molecule has 0 atom stereocenters. The number of carbonyl (C=O) groups is 3. The minimum atomic E-state index is -0.274. The Labute approximate surface area is 324 Å². The van der Waals surface area contributed by atoms with Gasteiger partial charge in [-0.2, -0.15) is 0 Å². The van der Waals surface area contributed by atoms with Crippen LogP contribution in [0.1, 0.15) is 31.1 Å². The van der Waals surface area contributed by atoms with E-state index in [1.165, 1.54) is 28.9 Å². The first-order chi connectivity index (χ1) is 25.6. The third kappa shape index (κ3) is 9.81. The molecule has 0 aliphatic heterocycles. The number of hydrogen-bond donors (Lipinski definition) is 4. The standard InChI is InChI=1S/C16H18N2O2.C15H16N2O2.C10H13BrN2O2/c1-18(2)16(19)14-12(11-7-5-4-6-8-11)9-10-13(17)15(14)20-3;1-17(2)15(19)13-11(8-9-12(16)14(13)18)10-6-4-3-5-7-10;1-13(2)10(14)8-6(11)4-5-7(12)9(8)15-3/h4-10H,17H2,1-3H3;3-9,18H,16H2,1-2H3;4-5H,12H2,1-3H3. The van der Waals surface area contributed by atoms with Crippen molar-refractivity contribution in [2.45, 2.75) is 0 Å². The fraction of sp³-hybridized carbons (Fsp3) is 0.195. The Hall–Kier alpha value is -6.21. The van der Waals surface area contributed by atoms with Gasteiger partial charge in [-0.3, -0.25) is 14.4 Å². The molecule has 7 N–H and O–H groups in total. The number of rotatable bonds is 7. The number of anilines is 3. The van der Waals surface area contributed by atoms with E-state index in [0.29, 0.717) is 44.0 Å². The number of amides is 3. The van der Waals surface area contributed by atoms with E-state index in [9.17, 15) is 19.5 Å². The van der Waals surface area contributed by atoms with Crippen molar-refractivity contribution in [3.63, 3.8) is 0 Å². The zero-order valence-corrected chi connectivity index (χ0v) is 33.3. The van der Waals surface area contributed by atoms with Gasteiger partial charge in [0.15, 0.2) is 17.2 Å². The van der Waals surface area contributed by atoms with Crippen LogP contribution in [0.4, 0.5) is 17.1 Å². The van der Waals surface area contributed by atoms with E-state index in [2.05, 4.69) is 15.9 Å². The number of nitrogen functional groups attached to an aromatic ring is 3. The molecule has 3 amide bonds. The molecule has 5 aromatic rings. The first-order valence-electron chi connectivity index (χ1n) is 16.5. The van der Waals surface area contributed by atoms with Gasteiger partial charge in [-0.25, -0.2) is 0 Å². The van der Waals surface area contributed by atoms with Crippen molar-refractivity contribution in [3.05, 3.63) is 118 Å². The number of benzene rings is 5. The number of phenolic OH excluding ortho intramolecular Hbond substituents is 1. The lowest BCUT2D eigenvalue weighted by molar-refractivity contribution is 0.0816. The maximum absolute atomic E-state index is 12.5. The van der Waals surface area contributed by atoms with Gasteiger partial charge >= 0.3 is 0 Å². The maximum atomic E-state index is 12.5. The van der Waals surface area contributed by atoms with Crippen LogP contribution in [0, 0.1) is 0 Å². The SMILES string of the molecule is CN(C)C(=O)c1c(-c2ccccc2)ccc(N)c1O.COc1c(N)ccc(-c2ccccc2)c1C(=O)N(C)C.COc1c(N)ccc(Br)c1C(=O)N(C)C. The number of ether oxygens (including phenoxy) is 2. The van der Waals surface area contributed by atoms with Gasteiger partial charge in [0.25, 0.3) is 17.7 Å². The van der Waals surface area contributed by atoms with Gasteiger partial charge in [-0.15, -0.1) is 0 Å². The summed E-state index contributed by atoms with van der Waals surface area (Å²) in [5.74, 6) is 0.107. The Kier molecular flexibility index (Phi) is 14.9. The Morgan fingerprint density at radius 2 is 0.870 bits per heavy atom. The number of carbonyl (C=O) groups excluding carboxylic acids is 3. The first kappa shape index (κ1) is 42.2. The minimum absolute atomic E-state index is 0.131. The molecule has 0 radical (unpaired) electrons. The lowest BCUT2D eigenvalue weighted by atomic mass is 9.97. The zero-order valence-electron chi connectivity index (χ0n) is 31.7. The van der Waals surface area contributed by atoms with Crippen molar-refractivity contribution >= 4 is 50.7 Å². The van der Waals surface area contributed by atoms with Crippen LogP contribution in [-0.2, 0) is 0 Å². The second-order valence-corrected chi connectivity index (χ2v) is 13.3. The van der Waals surface area contributed by atoms with Gasteiger partial charge in [0.1, 0.15) is 0 Å². The van der Waals surface area contributed by atoms with Gasteiger partial charge in [0.05, 0.1) is 48.0 Å². The summed E-state index contributed by atoms with van der Waals surface area (Å²) in [5, 5.41) is 10.1. The van der Waals surface area contributed by atoms with E-state index < -0.39 is 0 Å². The third-order valence-electron chi connectivity index (χ3n) is 7.97. The average Bonchev–Trinajstić information content (AvgIpc) is 3.16. The predicted octanol–water partition coefficient (Wildman–Crippen LogP) is 6.73. The van der Waals surface area contributed by atoms with E-state index in [-0.39, 0.29) is 34.7 Å². The summed E-state index contributed by atoms with van der Waals surface area (Å²) in [4.78, 5) is 40.9. The van der Waals surface area contributed by atoms with Gasteiger partial charge in [0, 0.05) is 46.8 Å². The molecule has 0 spiro atoms. The molecule has 0 heterocycles. The molecular weight excluding hydrogens is 752 g/mol.